The number of hydrogen-bond donors (Lipinski definition) is 0. The minimum atomic E-state index is -2.33. The standard InChI is InChI=1S/C32H56N2O4Si2/c1-21(2)40(22(3)4,23(5)6)38-28(31(7,8)9)26-27(29(35)34(26)39(13,14)32(10,11)12)33-25(20-37-30(33)36)24-18-16-15-17-19-24/h15-19,21-23,25-28H,20H2,1-14H3/t25-,26+,27-,28-/m1/s1. The van der Waals surface area contributed by atoms with Crippen LogP contribution in [0.4, 0.5) is 4.79 Å². The lowest BCUT2D eigenvalue weighted by molar-refractivity contribution is -0.160. The fourth-order valence-electron chi connectivity index (χ4n) is 7.15. The van der Waals surface area contributed by atoms with Gasteiger partial charge in [-0.1, -0.05) is 127 Å². The second kappa shape index (κ2) is 11.2. The second-order valence-electron chi connectivity index (χ2n) is 15.6. The van der Waals surface area contributed by atoms with Crippen LogP contribution in [0.5, 0.6) is 0 Å². The molecular formula is C32H56N2O4Si2. The zero-order chi connectivity index (χ0) is 30.6. The molecule has 0 N–H and O–H groups in total. The van der Waals surface area contributed by atoms with Gasteiger partial charge in [0, 0.05) is 0 Å². The van der Waals surface area contributed by atoms with Crippen LogP contribution in [-0.4, -0.2) is 62.8 Å². The zero-order valence-corrected chi connectivity index (χ0v) is 29.7. The van der Waals surface area contributed by atoms with Gasteiger partial charge in [-0.2, -0.15) is 0 Å². The van der Waals surface area contributed by atoms with Crippen molar-refractivity contribution in [1.29, 1.82) is 0 Å². The van der Waals surface area contributed by atoms with Crippen molar-refractivity contribution >= 4 is 28.6 Å². The second-order valence-corrected chi connectivity index (χ2v) is 26.1. The van der Waals surface area contributed by atoms with Gasteiger partial charge in [-0.15, -0.1) is 0 Å². The average Bonchev–Trinajstić information content (AvgIpc) is 3.17. The first kappa shape index (κ1) is 32.9. The van der Waals surface area contributed by atoms with Gasteiger partial charge in [-0.25, -0.2) is 4.79 Å². The van der Waals surface area contributed by atoms with Gasteiger partial charge in [0.15, 0.2) is 8.24 Å². The van der Waals surface area contributed by atoms with Gasteiger partial charge in [-0.3, -0.25) is 9.69 Å². The molecule has 0 aromatic heterocycles. The van der Waals surface area contributed by atoms with E-state index in [0.29, 0.717) is 16.6 Å². The minimum absolute atomic E-state index is 0.0418. The van der Waals surface area contributed by atoms with Crippen LogP contribution in [0.15, 0.2) is 30.3 Å². The van der Waals surface area contributed by atoms with Crippen molar-refractivity contribution in [3.63, 3.8) is 0 Å². The van der Waals surface area contributed by atoms with Crippen LogP contribution in [0, 0.1) is 5.41 Å². The van der Waals surface area contributed by atoms with Crippen molar-refractivity contribution in [1.82, 2.24) is 9.47 Å². The van der Waals surface area contributed by atoms with Crippen molar-refractivity contribution < 1.29 is 18.8 Å². The lowest BCUT2D eigenvalue weighted by atomic mass is 9.78. The molecule has 8 heteroatoms. The fourth-order valence-corrected chi connectivity index (χ4v) is 15.3. The Morgan fingerprint density at radius 2 is 1.38 bits per heavy atom. The molecule has 0 bridgehead atoms. The third-order valence-electron chi connectivity index (χ3n) is 10.1. The molecule has 4 atom stereocenters. The Balaban J connectivity index is 2.23. The number of β-lactam (4-membered cyclic amide) rings is 1. The van der Waals surface area contributed by atoms with Crippen LogP contribution < -0.4 is 0 Å². The molecule has 2 saturated heterocycles. The highest BCUT2D eigenvalue weighted by atomic mass is 28.4. The molecule has 2 heterocycles. The third-order valence-corrected chi connectivity index (χ3v) is 21.6. The Bertz CT molecular complexity index is 1040. The van der Waals surface area contributed by atoms with Crippen LogP contribution in [0.2, 0.25) is 34.8 Å². The third kappa shape index (κ3) is 5.44. The summed E-state index contributed by atoms with van der Waals surface area (Å²) in [5.41, 5.74) is 1.95. The van der Waals surface area contributed by atoms with Crippen molar-refractivity contribution in [3.8, 4) is 0 Å². The van der Waals surface area contributed by atoms with E-state index in [-0.39, 0.29) is 41.2 Å². The van der Waals surface area contributed by atoms with E-state index in [0.717, 1.165) is 5.56 Å². The number of nitrogens with zero attached hydrogens (tertiary/aromatic N) is 2. The largest absolute Gasteiger partial charge is 0.447 e. The van der Waals surface area contributed by atoms with E-state index in [1.165, 1.54) is 0 Å². The lowest BCUT2D eigenvalue weighted by Crippen LogP contribution is -2.83. The lowest BCUT2D eigenvalue weighted by Gasteiger charge is -2.64. The van der Waals surface area contributed by atoms with Gasteiger partial charge in [0.2, 0.25) is 14.2 Å². The summed E-state index contributed by atoms with van der Waals surface area (Å²) in [7, 11) is -4.65. The minimum Gasteiger partial charge on any atom is -0.447 e. The zero-order valence-electron chi connectivity index (χ0n) is 27.7. The van der Waals surface area contributed by atoms with E-state index < -0.39 is 28.7 Å². The highest BCUT2D eigenvalue weighted by Crippen LogP contribution is 2.52. The number of carbonyl (C=O) groups is 2. The molecule has 1 aromatic rings. The van der Waals surface area contributed by atoms with Gasteiger partial charge >= 0.3 is 6.09 Å². The number of ether oxygens (including phenoxy) is 1. The Labute approximate surface area is 246 Å². The van der Waals surface area contributed by atoms with E-state index in [9.17, 15) is 9.59 Å². The summed E-state index contributed by atoms with van der Waals surface area (Å²) in [5.74, 6) is 0.0418. The smallest absolute Gasteiger partial charge is 0.411 e. The highest BCUT2D eigenvalue weighted by molar-refractivity contribution is 6.80. The van der Waals surface area contributed by atoms with Crippen molar-refractivity contribution in [2.24, 2.45) is 5.41 Å². The van der Waals surface area contributed by atoms with Crippen LogP contribution in [0.25, 0.3) is 0 Å². The summed E-state index contributed by atoms with van der Waals surface area (Å²) in [5, 5.41) is -0.0542. The Morgan fingerprint density at radius 3 is 1.80 bits per heavy atom. The maximum absolute atomic E-state index is 14.4. The number of rotatable bonds is 9. The fraction of sp³-hybridized carbons (Fsp3) is 0.750. The number of cyclic esters (lactones) is 1. The van der Waals surface area contributed by atoms with E-state index in [1.807, 2.05) is 30.3 Å². The number of carbonyl (C=O) groups excluding carboxylic acids is 2. The molecule has 226 valence electrons. The molecule has 2 amide bonds. The molecule has 2 aliphatic rings. The summed E-state index contributed by atoms with van der Waals surface area (Å²) < 4.78 is 15.5. The van der Waals surface area contributed by atoms with Gasteiger partial charge in [0.05, 0.1) is 18.2 Å². The Morgan fingerprint density at radius 1 is 0.875 bits per heavy atom. The molecule has 40 heavy (non-hydrogen) atoms. The monoisotopic (exact) mass is 588 g/mol. The maximum atomic E-state index is 14.4. The summed E-state index contributed by atoms with van der Waals surface area (Å²) >= 11 is 0. The summed E-state index contributed by atoms with van der Waals surface area (Å²) in [6.45, 7) is 32.1. The van der Waals surface area contributed by atoms with Gasteiger partial charge < -0.3 is 13.7 Å². The van der Waals surface area contributed by atoms with E-state index in [2.05, 4.69) is 101 Å². The van der Waals surface area contributed by atoms with Crippen molar-refractivity contribution in [2.45, 2.75) is 142 Å². The average molecular weight is 589 g/mol. The molecule has 0 unspecified atom stereocenters. The van der Waals surface area contributed by atoms with Gasteiger partial charge in [0.25, 0.3) is 0 Å². The summed E-state index contributed by atoms with van der Waals surface area (Å²) in [6, 6.07) is 8.82. The normalized spacial score (nSPS) is 23.8. The van der Waals surface area contributed by atoms with E-state index in [1.54, 1.807) is 4.90 Å². The number of hydrogen-bond acceptors (Lipinski definition) is 4. The molecule has 0 saturated carbocycles. The van der Waals surface area contributed by atoms with E-state index in [4.69, 9.17) is 9.16 Å². The molecule has 2 fully saturated rings. The molecule has 0 radical (unpaired) electrons. The van der Waals surface area contributed by atoms with Crippen LogP contribution in [0.3, 0.4) is 0 Å². The number of amides is 2. The molecule has 0 aliphatic carbocycles. The first-order chi connectivity index (χ1) is 18.2. The predicted molar refractivity (Wildman–Crippen MR) is 169 cm³/mol. The van der Waals surface area contributed by atoms with Gasteiger partial charge in [-0.05, 0) is 32.6 Å². The first-order valence-corrected chi connectivity index (χ1v) is 20.3. The summed E-state index contributed by atoms with van der Waals surface area (Å²) in [4.78, 5) is 29.6. The predicted octanol–water partition coefficient (Wildman–Crippen LogP) is 8.37. The van der Waals surface area contributed by atoms with E-state index >= 15 is 0 Å². The number of benzene rings is 1. The summed E-state index contributed by atoms with van der Waals surface area (Å²) in [6.07, 6.45) is -0.632. The topological polar surface area (TPSA) is 59.1 Å². The SMILES string of the molecule is CC(C)[Si](O[C@H]([C@@H]1[C@@H](N2C(=O)OC[C@@H]2c2ccccc2)C(=O)N1[Si](C)(C)C(C)(C)C)C(C)(C)C)(C(C)C)C(C)C. The maximum Gasteiger partial charge on any atom is 0.411 e. The van der Waals surface area contributed by atoms with Crippen LogP contribution in [0.1, 0.15) is 94.7 Å². The Hall–Kier alpha value is -1.65. The molecule has 6 nitrogen and oxygen atoms in total. The van der Waals surface area contributed by atoms with Gasteiger partial charge in [0.1, 0.15) is 12.6 Å². The molecule has 3 rings (SSSR count). The molecular weight excluding hydrogens is 533 g/mol. The first-order valence-electron chi connectivity index (χ1n) is 15.2. The highest BCUT2D eigenvalue weighted by Gasteiger charge is 2.66. The Kier molecular flexibility index (Phi) is 9.21. The quantitative estimate of drug-likeness (QED) is 0.215. The van der Waals surface area contributed by atoms with Crippen LogP contribution >= 0.6 is 0 Å². The molecule has 2 aliphatic heterocycles. The van der Waals surface area contributed by atoms with Crippen LogP contribution in [-0.2, 0) is 14.0 Å². The molecule has 1 aromatic carbocycles. The van der Waals surface area contributed by atoms with Crippen molar-refractivity contribution in [2.75, 3.05) is 6.61 Å². The molecule has 0 spiro atoms. The van der Waals surface area contributed by atoms with Crippen molar-refractivity contribution in [3.05, 3.63) is 35.9 Å².